The van der Waals surface area contributed by atoms with Gasteiger partial charge in [-0.2, -0.15) is 0 Å². The van der Waals surface area contributed by atoms with E-state index in [1.807, 2.05) is 37.1 Å². The van der Waals surface area contributed by atoms with Crippen LogP contribution >= 0.6 is 22.7 Å². The fourth-order valence-corrected chi connectivity index (χ4v) is 4.70. The van der Waals surface area contributed by atoms with Crippen LogP contribution in [0.5, 0.6) is 0 Å². The normalized spacial score (nSPS) is 16.5. The zero-order valence-electron chi connectivity index (χ0n) is 17.1. The molecule has 1 saturated heterocycles. The van der Waals surface area contributed by atoms with Crippen molar-refractivity contribution in [3.8, 4) is 0 Å². The monoisotopic (exact) mass is 441 g/mol. The maximum absolute atomic E-state index is 12.8. The number of hydrogen-bond donors (Lipinski definition) is 1. The molecule has 0 saturated carbocycles. The van der Waals surface area contributed by atoms with Crippen molar-refractivity contribution >= 4 is 45.6 Å². The third-order valence-corrected chi connectivity index (χ3v) is 6.55. The van der Waals surface area contributed by atoms with Crippen LogP contribution in [-0.2, 0) is 11.2 Å². The predicted octanol–water partition coefficient (Wildman–Crippen LogP) is 4.08. The van der Waals surface area contributed by atoms with Crippen molar-refractivity contribution in [1.29, 1.82) is 0 Å². The number of carbonyl (C=O) groups is 1. The van der Waals surface area contributed by atoms with Crippen molar-refractivity contribution in [3.05, 3.63) is 44.7 Å². The fourth-order valence-electron chi connectivity index (χ4n) is 3.43. The number of rotatable bonds is 6. The van der Waals surface area contributed by atoms with Gasteiger partial charge in [-0.25, -0.2) is 15.0 Å². The average molecular weight is 442 g/mol. The lowest BCUT2D eigenvalue weighted by Gasteiger charge is -2.23. The standard InChI is InChI=1S/C20H23N7OS2/c1-4-18-25-26-20(30-18)24-17-10-15(21-12(2)22-17)16-6-5-9-27(16)19(28)8-7-14-11-29-13(3)23-14/h7-8,10-11,16H,4-6,9H2,1-3H3,(H,21,22,24,26). The molecule has 0 aliphatic carbocycles. The molecular weight excluding hydrogens is 418 g/mol. The summed E-state index contributed by atoms with van der Waals surface area (Å²) in [6.45, 7) is 6.57. The number of amides is 1. The molecule has 1 N–H and O–H groups in total. The van der Waals surface area contributed by atoms with E-state index in [1.54, 1.807) is 23.5 Å². The molecule has 1 fully saturated rings. The lowest BCUT2D eigenvalue weighted by molar-refractivity contribution is -0.126. The molecule has 0 radical (unpaired) electrons. The summed E-state index contributed by atoms with van der Waals surface area (Å²) >= 11 is 3.08. The average Bonchev–Trinajstić information content (AvgIpc) is 3.46. The molecule has 1 aliphatic heterocycles. The third kappa shape index (κ3) is 4.71. The molecule has 1 aliphatic rings. The van der Waals surface area contributed by atoms with Crippen LogP contribution < -0.4 is 5.32 Å². The summed E-state index contributed by atoms with van der Waals surface area (Å²) in [7, 11) is 0. The van der Waals surface area contributed by atoms with Crippen molar-refractivity contribution in [1.82, 2.24) is 30.0 Å². The van der Waals surface area contributed by atoms with Gasteiger partial charge in [0.2, 0.25) is 11.0 Å². The van der Waals surface area contributed by atoms with E-state index in [0.717, 1.165) is 40.7 Å². The number of anilines is 2. The minimum Gasteiger partial charge on any atom is -0.331 e. The first kappa shape index (κ1) is 20.5. The predicted molar refractivity (Wildman–Crippen MR) is 119 cm³/mol. The quantitative estimate of drug-likeness (QED) is 0.576. The summed E-state index contributed by atoms with van der Waals surface area (Å²) in [6, 6.07) is 1.84. The molecule has 10 heteroatoms. The van der Waals surface area contributed by atoms with Gasteiger partial charge in [-0.15, -0.1) is 21.5 Å². The molecule has 8 nitrogen and oxygen atoms in total. The highest BCUT2D eigenvalue weighted by molar-refractivity contribution is 7.15. The summed E-state index contributed by atoms with van der Waals surface area (Å²) in [6.07, 6.45) is 6.06. The largest absolute Gasteiger partial charge is 0.331 e. The Morgan fingerprint density at radius 3 is 2.90 bits per heavy atom. The number of hydrogen-bond acceptors (Lipinski definition) is 9. The van der Waals surface area contributed by atoms with Crippen LogP contribution in [0.25, 0.3) is 6.08 Å². The van der Waals surface area contributed by atoms with Crippen molar-refractivity contribution < 1.29 is 4.79 Å². The maximum atomic E-state index is 12.8. The van der Waals surface area contributed by atoms with E-state index in [4.69, 9.17) is 0 Å². The van der Waals surface area contributed by atoms with Crippen LogP contribution in [0.1, 0.15) is 53.0 Å². The molecule has 0 spiro atoms. The lowest BCUT2D eigenvalue weighted by atomic mass is 10.1. The first-order chi connectivity index (χ1) is 14.5. The fraction of sp³-hybridized carbons (Fsp3) is 0.400. The lowest BCUT2D eigenvalue weighted by Crippen LogP contribution is -2.29. The summed E-state index contributed by atoms with van der Waals surface area (Å²) in [4.78, 5) is 28.2. The van der Waals surface area contributed by atoms with Crippen molar-refractivity contribution in [2.45, 2.75) is 46.1 Å². The Kier molecular flexibility index (Phi) is 6.14. The number of aromatic nitrogens is 5. The second kappa shape index (κ2) is 8.97. The van der Waals surface area contributed by atoms with Crippen LogP contribution in [0.4, 0.5) is 10.9 Å². The second-order valence-corrected chi connectivity index (χ2v) is 9.14. The smallest absolute Gasteiger partial charge is 0.247 e. The molecule has 156 valence electrons. The molecule has 0 aromatic carbocycles. The van der Waals surface area contributed by atoms with E-state index in [-0.39, 0.29) is 11.9 Å². The number of nitrogens with zero attached hydrogens (tertiary/aromatic N) is 6. The highest BCUT2D eigenvalue weighted by Crippen LogP contribution is 2.32. The van der Waals surface area contributed by atoms with Gasteiger partial charge in [0, 0.05) is 24.1 Å². The van der Waals surface area contributed by atoms with Crippen LogP contribution in [0, 0.1) is 13.8 Å². The highest BCUT2D eigenvalue weighted by Gasteiger charge is 2.30. The zero-order valence-corrected chi connectivity index (χ0v) is 18.8. The van der Waals surface area contributed by atoms with Gasteiger partial charge in [-0.3, -0.25) is 4.79 Å². The summed E-state index contributed by atoms with van der Waals surface area (Å²) in [5.74, 6) is 1.30. The molecule has 3 aromatic heterocycles. The SMILES string of the molecule is CCc1nnc(Nc2cc(C3CCCN3C(=O)C=Cc3csc(C)n3)nc(C)n2)s1. The number of likely N-dealkylation sites (tertiary alicyclic amines) is 1. The van der Waals surface area contributed by atoms with Crippen molar-refractivity contribution in [2.75, 3.05) is 11.9 Å². The molecule has 1 atom stereocenters. The topological polar surface area (TPSA) is 96.8 Å². The first-order valence-corrected chi connectivity index (χ1v) is 11.6. The van der Waals surface area contributed by atoms with Gasteiger partial charge in [0.05, 0.1) is 22.4 Å². The molecule has 1 amide bonds. The molecule has 0 bridgehead atoms. The number of aryl methyl sites for hydroxylation is 3. The van der Waals surface area contributed by atoms with Gasteiger partial charge in [-0.05, 0) is 39.2 Å². The van der Waals surface area contributed by atoms with Crippen LogP contribution in [0.2, 0.25) is 0 Å². The first-order valence-electron chi connectivity index (χ1n) is 9.87. The minimum atomic E-state index is -0.0674. The molecule has 4 rings (SSSR count). The number of carbonyl (C=O) groups excluding carboxylic acids is 1. The molecular formula is C20H23N7OS2. The second-order valence-electron chi connectivity index (χ2n) is 7.02. The van der Waals surface area contributed by atoms with Crippen LogP contribution in [0.3, 0.4) is 0 Å². The molecule has 4 heterocycles. The van der Waals surface area contributed by atoms with E-state index >= 15 is 0 Å². The van der Waals surface area contributed by atoms with E-state index in [2.05, 4.69) is 30.5 Å². The summed E-state index contributed by atoms with van der Waals surface area (Å²) in [5, 5.41) is 16.1. The van der Waals surface area contributed by atoms with E-state index in [0.29, 0.717) is 23.3 Å². The highest BCUT2D eigenvalue weighted by atomic mass is 32.1. The van der Waals surface area contributed by atoms with Gasteiger partial charge in [0.15, 0.2) is 0 Å². The van der Waals surface area contributed by atoms with Gasteiger partial charge >= 0.3 is 0 Å². The Balaban J connectivity index is 1.52. The van der Waals surface area contributed by atoms with Gasteiger partial charge in [0.25, 0.3) is 0 Å². The Hall–Kier alpha value is -2.72. The van der Waals surface area contributed by atoms with Crippen LogP contribution in [-0.4, -0.2) is 42.5 Å². The maximum Gasteiger partial charge on any atom is 0.247 e. The van der Waals surface area contributed by atoms with Crippen LogP contribution in [0.15, 0.2) is 17.5 Å². The van der Waals surface area contributed by atoms with Gasteiger partial charge < -0.3 is 10.2 Å². The van der Waals surface area contributed by atoms with Gasteiger partial charge in [0.1, 0.15) is 16.6 Å². The number of thiazole rings is 1. The summed E-state index contributed by atoms with van der Waals surface area (Å²) < 4.78 is 0. The Labute approximate surface area is 183 Å². The van der Waals surface area contributed by atoms with E-state index < -0.39 is 0 Å². The molecule has 1 unspecified atom stereocenters. The molecule has 3 aromatic rings. The summed E-state index contributed by atoms with van der Waals surface area (Å²) in [5.41, 5.74) is 1.66. The minimum absolute atomic E-state index is 0.0226. The van der Waals surface area contributed by atoms with E-state index in [9.17, 15) is 4.79 Å². The Morgan fingerprint density at radius 1 is 1.30 bits per heavy atom. The van der Waals surface area contributed by atoms with E-state index in [1.165, 1.54) is 11.3 Å². The third-order valence-electron chi connectivity index (χ3n) is 4.77. The number of nitrogens with one attached hydrogen (secondary N) is 1. The van der Waals surface area contributed by atoms with Gasteiger partial charge in [-0.1, -0.05) is 18.3 Å². The Bertz CT molecular complexity index is 1070. The van der Waals surface area contributed by atoms with Crippen molar-refractivity contribution in [2.24, 2.45) is 0 Å². The Morgan fingerprint density at radius 2 is 2.17 bits per heavy atom. The zero-order chi connectivity index (χ0) is 21.1. The molecule has 30 heavy (non-hydrogen) atoms. The van der Waals surface area contributed by atoms with Crippen molar-refractivity contribution in [3.63, 3.8) is 0 Å².